The summed E-state index contributed by atoms with van der Waals surface area (Å²) in [5.74, 6) is -0.213. The van der Waals surface area contributed by atoms with E-state index in [1.165, 1.54) is 17.3 Å². The molecule has 0 saturated carbocycles. The second kappa shape index (κ2) is 8.49. The number of benzene rings is 3. The van der Waals surface area contributed by atoms with E-state index in [1.54, 1.807) is 12.1 Å². The number of nitrogen functional groups attached to an aromatic ring is 1. The molecule has 130 valence electrons. The predicted octanol–water partition coefficient (Wildman–Crippen LogP) is 5.38. The maximum Gasteiger partial charge on any atom is 0.123 e. The average Bonchev–Trinajstić information content (AvgIpc) is 2.58. The van der Waals surface area contributed by atoms with Crippen LogP contribution >= 0.6 is 0 Å². The Balaban J connectivity index is 0.000000269. The van der Waals surface area contributed by atoms with Crippen LogP contribution in [0.1, 0.15) is 0 Å². The minimum atomic E-state index is -1.23. The van der Waals surface area contributed by atoms with Gasteiger partial charge in [-0.05, 0) is 48.5 Å². The number of hydrogen-bond donors (Lipinski definition) is 2. The van der Waals surface area contributed by atoms with Crippen LogP contribution in [0, 0.1) is 5.82 Å². The van der Waals surface area contributed by atoms with Crippen molar-refractivity contribution >= 4 is 30.3 Å². The lowest BCUT2D eigenvalue weighted by Crippen LogP contribution is -2.37. The first kappa shape index (κ1) is 18.7. The third-order valence-electron chi connectivity index (χ3n) is 3.68. The Bertz CT molecular complexity index is 764. The van der Waals surface area contributed by atoms with Crippen LogP contribution in [-0.4, -0.2) is 8.07 Å². The molecular formula is C21H25FN2Si. The Kier molecular flexibility index (Phi) is 6.36. The first-order valence-electron chi connectivity index (χ1n) is 8.28. The average molecular weight is 353 g/mol. The molecule has 25 heavy (non-hydrogen) atoms. The molecule has 0 fully saturated rings. The third kappa shape index (κ3) is 6.43. The van der Waals surface area contributed by atoms with Crippen LogP contribution in [0.25, 0.3) is 0 Å². The molecular weight excluding hydrogens is 327 g/mol. The van der Waals surface area contributed by atoms with E-state index in [-0.39, 0.29) is 5.82 Å². The summed E-state index contributed by atoms with van der Waals surface area (Å²) in [6.45, 7) is 6.99. The van der Waals surface area contributed by atoms with E-state index in [2.05, 4.69) is 49.2 Å². The van der Waals surface area contributed by atoms with Gasteiger partial charge in [-0.3, -0.25) is 0 Å². The number of halogens is 1. The van der Waals surface area contributed by atoms with E-state index >= 15 is 0 Å². The molecule has 4 heteroatoms. The molecule has 0 aliphatic carbocycles. The van der Waals surface area contributed by atoms with Crippen molar-refractivity contribution in [2.75, 3.05) is 11.1 Å². The molecule has 0 spiro atoms. The van der Waals surface area contributed by atoms with Crippen molar-refractivity contribution < 1.29 is 4.39 Å². The van der Waals surface area contributed by atoms with E-state index in [4.69, 9.17) is 5.73 Å². The van der Waals surface area contributed by atoms with E-state index in [9.17, 15) is 4.39 Å². The van der Waals surface area contributed by atoms with Crippen molar-refractivity contribution in [3.8, 4) is 0 Å². The maximum absolute atomic E-state index is 12.8. The minimum Gasteiger partial charge on any atom is -0.399 e. The molecule has 0 heterocycles. The molecule has 3 aromatic rings. The lowest BCUT2D eigenvalue weighted by molar-refractivity contribution is 0.628. The van der Waals surface area contributed by atoms with Gasteiger partial charge in [0.2, 0.25) is 0 Å². The molecule has 3 rings (SSSR count). The van der Waals surface area contributed by atoms with E-state index < -0.39 is 8.07 Å². The number of nitrogens with one attached hydrogen (secondary N) is 1. The highest BCUT2D eigenvalue weighted by Gasteiger charge is 2.15. The van der Waals surface area contributed by atoms with Gasteiger partial charge < -0.3 is 11.1 Å². The summed E-state index contributed by atoms with van der Waals surface area (Å²) in [6, 6.07) is 24.4. The van der Waals surface area contributed by atoms with Gasteiger partial charge in [-0.1, -0.05) is 55.2 Å². The minimum absolute atomic E-state index is 0.213. The molecule has 0 unspecified atom stereocenters. The molecule has 0 atom stereocenters. The summed E-state index contributed by atoms with van der Waals surface area (Å²) in [7, 11) is -1.23. The van der Waals surface area contributed by atoms with E-state index in [0.717, 1.165) is 17.1 Å². The van der Waals surface area contributed by atoms with Gasteiger partial charge in [-0.2, -0.15) is 0 Å². The zero-order chi connectivity index (χ0) is 18.3. The maximum atomic E-state index is 12.8. The van der Waals surface area contributed by atoms with Gasteiger partial charge in [0.1, 0.15) is 5.82 Å². The van der Waals surface area contributed by atoms with Crippen molar-refractivity contribution in [3.63, 3.8) is 0 Å². The van der Waals surface area contributed by atoms with Gasteiger partial charge in [-0.25, -0.2) is 4.39 Å². The Hall–Kier alpha value is -2.59. The third-order valence-corrected chi connectivity index (χ3v) is 5.75. The number of nitrogens with two attached hydrogens (primary N) is 1. The molecule has 0 radical (unpaired) electrons. The second-order valence-corrected chi connectivity index (χ2v) is 11.9. The summed E-state index contributed by atoms with van der Waals surface area (Å²) < 4.78 is 12.8. The fourth-order valence-corrected chi connectivity index (χ4v) is 3.37. The van der Waals surface area contributed by atoms with Gasteiger partial charge in [0.15, 0.2) is 0 Å². The van der Waals surface area contributed by atoms with Crippen molar-refractivity contribution in [1.29, 1.82) is 0 Å². The summed E-state index contributed by atoms with van der Waals surface area (Å²) in [6.07, 6.45) is 0. The van der Waals surface area contributed by atoms with Crippen molar-refractivity contribution in [1.82, 2.24) is 0 Å². The van der Waals surface area contributed by atoms with Gasteiger partial charge in [-0.15, -0.1) is 0 Å². The predicted molar refractivity (Wildman–Crippen MR) is 110 cm³/mol. The van der Waals surface area contributed by atoms with E-state index in [0.29, 0.717) is 0 Å². The fourth-order valence-electron chi connectivity index (χ4n) is 2.21. The quantitative estimate of drug-likeness (QED) is 0.490. The summed E-state index contributed by atoms with van der Waals surface area (Å²) >= 11 is 0. The van der Waals surface area contributed by atoms with E-state index in [1.807, 2.05) is 30.3 Å². The Morgan fingerprint density at radius 2 is 1.20 bits per heavy atom. The molecule has 3 N–H and O–H groups in total. The Morgan fingerprint density at radius 3 is 1.60 bits per heavy atom. The van der Waals surface area contributed by atoms with Crippen LogP contribution in [0.3, 0.4) is 0 Å². The largest absolute Gasteiger partial charge is 0.399 e. The first-order chi connectivity index (χ1) is 11.8. The zero-order valence-corrected chi connectivity index (χ0v) is 16.0. The van der Waals surface area contributed by atoms with Crippen molar-refractivity contribution in [2.45, 2.75) is 19.6 Å². The van der Waals surface area contributed by atoms with Crippen LogP contribution in [0.4, 0.5) is 21.5 Å². The number of para-hydroxylation sites is 1. The van der Waals surface area contributed by atoms with Gasteiger partial charge in [0.25, 0.3) is 0 Å². The van der Waals surface area contributed by atoms with Gasteiger partial charge in [0.05, 0.1) is 8.07 Å². The van der Waals surface area contributed by atoms with Crippen LogP contribution < -0.4 is 16.2 Å². The van der Waals surface area contributed by atoms with Crippen molar-refractivity contribution in [3.05, 3.63) is 84.7 Å². The summed E-state index contributed by atoms with van der Waals surface area (Å²) in [4.78, 5) is 0. The lowest BCUT2D eigenvalue weighted by Gasteiger charge is -2.17. The Morgan fingerprint density at radius 1 is 0.720 bits per heavy atom. The van der Waals surface area contributed by atoms with Crippen LogP contribution in [0.5, 0.6) is 0 Å². The smallest absolute Gasteiger partial charge is 0.123 e. The lowest BCUT2D eigenvalue weighted by atomic mass is 10.2. The highest BCUT2D eigenvalue weighted by Crippen LogP contribution is 2.16. The van der Waals surface area contributed by atoms with Crippen LogP contribution in [-0.2, 0) is 0 Å². The fraction of sp³-hybridized carbons (Fsp3) is 0.143. The molecule has 2 nitrogen and oxygen atoms in total. The van der Waals surface area contributed by atoms with Crippen molar-refractivity contribution in [2.24, 2.45) is 0 Å². The molecule has 0 amide bonds. The Labute approximate surface area is 150 Å². The highest BCUT2D eigenvalue weighted by atomic mass is 28.3. The molecule has 3 aromatic carbocycles. The normalized spacial score (nSPS) is 10.6. The number of anilines is 3. The van der Waals surface area contributed by atoms with Gasteiger partial charge in [0, 0.05) is 17.1 Å². The summed E-state index contributed by atoms with van der Waals surface area (Å²) in [5.41, 5.74) is 8.11. The SMILES string of the molecule is C[Si](C)(C)c1ccc(Nc2ccc(F)cc2)cc1.Nc1ccccc1. The first-order valence-corrected chi connectivity index (χ1v) is 11.8. The second-order valence-electron chi connectivity index (χ2n) is 6.87. The topological polar surface area (TPSA) is 38.0 Å². The molecule has 0 bridgehead atoms. The highest BCUT2D eigenvalue weighted by molar-refractivity contribution is 6.88. The van der Waals surface area contributed by atoms with Gasteiger partial charge >= 0.3 is 0 Å². The number of rotatable bonds is 3. The van der Waals surface area contributed by atoms with Crippen LogP contribution in [0.2, 0.25) is 19.6 Å². The number of hydrogen-bond acceptors (Lipinski definition) is 2. The van der Waals surface area contributed by atoms with Crippen LogP contribution in [0.15, 0.2) is 78.9 Å². The molecule has 0 aliphatic rings. The standard InChI is InChI=1S/C15H18FNSi.C6H7N/c1-18(2,3)15-10-8-14(9-11-15)17-13-6-4-12(16)5-7-13;7-6-4-2-1-3-5-6/h4-11,17H,1-3H3;1-5H,7H2. The molecule has 0 saturated heterocycles. The monoisotopic (exact) mass is 352 g/mol. The molecule has 0 aliphatic heterocycles. The summed E-state index contributed by atoms with van der Waals surface area (Å²) in [5, 5.41) is 4.70. The molecule has 0 aromatic heterocycles. The zero-order valence-electron chi connectivity index (χ0n) is 15.0.